The second kappa shape index (κ2) is 6.44. The Hall–Kier alpha value is -3.48. The van der Waals surface area contributed by atoms with Crippen molar-refractivity contribution in [3.63, 3.8) is 0 Å². The Balaban J connectivity index is 1.79. The largest absolute Gasteiger partial charge is 0.337 e. The van der Waals surface area contributed by atoms with Gasteiger partial charge >= 0.3 is 0 Å². The van der Waals surface area contributed by atoms with Crippen LogP contribution < -0.4 is 5.32 Å². The summed E-state index contributed by atoms with van der Waals surface area (Å²) in [6.45, 7) is 1.74. The third-order valence-corrected chi connectivity index (χ3v) is 4.43. The first-order valence-corrected chi connectivity index (χ1v) is 8.29. The molecule has 0 aliphatic rings. The number of amides is 1. The molecule has 130 valence electrons. The summed E-state index contributed by atoms with van der Waals surface area (Å²) in [5.74, 6) is 0.462. The van der Waals surface area contributed by atoms with Crippen molar-refractivity contribution in [2.75, 3.05) is 0 Å². The van der Waals surface area contributed by atoms with E-state index < -0.39 is 6.04 Å². The molecule has 7 heteroatoms. The molecule has 0 aliphatic carbocycles. The van der Waals surface area contributed by atoms with Crippen LogP contribution >= 0.6 is 0 Å². The second-order valence-electron chi connectivity index (χ2n) is 6.09. The fraction of sp³-hybridized carbons (Fsp3) is 0.158. The summed E-state index contributed by atoms with van der Waals surface area (Å²) >= 11 is 0. The Kier molecular flexibility index (Phi) is 3.96. The molecule has 2 aromatic heterocycles. The van der Waals surface area contributed by atoms with E-state index in [-0.39, 0.29) is 11.6 Å². The first-order chi connectivity index (χ1) is 12.6. The number of fused-ring (bicyclic) bond motifs is 1. The first-order valence-electron chi connectivity index (χ1n) is 8.29. The Morgan fingerprint density at radius 1 is 1.08 bits per heavy atom. The minimum Gasteiger partial charge on any atom is -0.337 e. The van der Waals surface area contributed by atoms with Gasteiger partial charge < -0.3 is 9.88 Å². The molecule has 1 amide bonds. The zero-order valence-corrected chi connectivity index (χ0v) is 14.5. The van der Waals surface area contributed by atoms with Gasteiger partial charge in [-0.2, -0.15) is 15.4 Å². The Morgan fingerprint density at radius 3 is 2.50 bits per heavy atom. The lowest BCUT2D eigenvalue weighted by atomic mass is 10.1. The quantitative estimate of drug-likeness (QED) is 0.594. The maximum absolute atomic E-state index is 12.7. The molecular weight excluding hydrogens is 328 g/mol. The number of para-hydroxylation sites is 2. The van der Waals surface area contributed by atoms with Gasteiger partial charge in [-0.15, -0.1) is 0 Å². The summed E-state index contributed by atoms with van der Waals surface area (Å²) in [7, 11) is 1.95. The van der Waals surface area contributed by atoms with E-state index in [4.69, 9.17) is 4.98 Å². The number of aryl methyl sites for hydroxylation is 2. The predicted octanol–water partition coefficient (Wildman–Crippen LogP) is 2.52. The molecule has 0 fully saturated rings. The van der Waals surface area contributed by atoms with Crippen molar-refractivity contribution in [1.29, 1.82) is 0 Å². The van der Waals surface area contributed by atoms with Crippen molar-refractivity contribution in [1.82, 2.24) is 30.3 Å². The van der Waals surface area contributed by atoms with Crippen LogP contribution in [-0.4, -0.2) is 30.9 Å². The van der Waals surface area contributed by atoms with Gasteiger partial charge in [0.2, 0.25) is 0 Å². The van der Waals surface area contributed by atoms with Crippen molar-refractivity contribution in [3.05, 3.63) is 77.4 Å². The number of hydrogen-bond acceptors (Lipinski definition) is 4. The minimum absolute atomic E-state index is 0.282. The van der Waals surface area contributed by atoms with Crippen LogP contribution in [0.5, 0.6) is 0 Å². The summed E-state index contributed by atoms with van der Waals surface area (Å²) in [4.78, 5) is 17.5. The summed E-state index contributed by atoms with van der Waals surface area (Å²) in [6, 6.07) is 17.3. The number of rotatable bonds is 4. The van der Waals surface area contributed by atoms with E-state index >= 15 is 0 Å². The number of nitrogens with one attached hydrogen (secondary N) is 2. The number of aromatic amines is 1. The van der Waals surface area contributed by atoms with Gasteiger partial charge in [0.1, 0.15) is 11.9 Å². The Morgan fingerprint density at radius 2 is 1.81 bits per heavy atom. The van der Waals surface area contributed by atoms with E-state index in [2.05, 4.69) is 20.7 Å². The van der Waals surface area contributed by atoms with E-state index in [1.165, 1.54) is 0 Å². The maximum Gasteiger partial charge on any atom is 0.274 e. The summed E-state index contributed by atoms with van der Waals surface area (Å²) in [6.07, 6.45) is 0. The SMILES string of the molecule is Cc1n[nH]nc1C(=O)N[C@H](c1ccccc1)c1nc2ccccc2n1C. The predicted molar refractivity (Wildman–Crippen MR) is 97.6 cm³/mol. The van der Waals surface area contributed by atoms with Gasteiger partial charge in [0.05, 0.1) is 16.7 Å². The fourth-order valence-corrected chi connectivity index (χ4v) is 3.06. The lowest BCUT2D eigenvalue weighted by Crippen LogP contribution is -2.31. The van der Waals surface area contributed by atoms with Gasteiger partial charge in [0.15, 0.2) is 5.69 Å². The zero-order chi connectivity index (χ0) is 18.1. The number of carbonyl (C=O) groups excluding carboxylic acids is 1. The minimum atomic E-state index is -0.405. The van der Waals surface area contributed by atoms with Crippen LogP contribution in [0.3, 0.4) is 0 Å². The molecule has 0 spiro atoms. The van der Waals surface area contributed by atoms with Gasteiger partial charge in [-0.1, -0.05) is 42.5 Å². The highest BCUT2D eigenvalue weighted by atomic mass is 16.2. The number of aromatic nitrogens is 5. The van der Waals surface area contributed by atoms with Gasteiger partial charge in [0.25, 0.3) is 5.91 Å². The third-order valence-electron chi connectivity index (χ3n) is 4.43. The molecular formula is C19H18N6O. The van der Waals surface area contributed by atoms with Crippen LogP contribution in [0.25, 0.3) is 11.0 Å². The molecule has 2 heterocycles. The van der Waals surface area contributed by atoms with Crippen molar-refractivity contribution < 1.29 is 4.79 Å². The van der Waals surface area contributed by atoms with Crippen LogP contribution in [-0.2, 0) is 7.05 Å². The Labute approximate surface area is 150 Å². The van der Waals surface area contributed by atoms with Crippen molar-refractivity contribution >= 4 is 16.9 Å². The first kappa shape index (κ1) is 16.0. The van der Waals surface area contributed by atoms with E-state index in [1.807, 2.05) is 66.2 Å². The van der Waals surface area contributed by atoms with Gasteiger partial charge in [0, 0.05) is 7.05 Å². The number of carbonyl (C=O) groups is 1. The lowest BCUT2D eigenvalue weighted by Gasteiger charge is -2.18. The number of nitrogens with zero attached hydrogens (tertiary/aromatic N) is 4. The van der Waals surface area contributed by atoms with Crippen LogP contribution in [0, 0.1) is 6.92 Å². The van der Waals surface area contributed by atoms with Gasteiger partial charge in [-0.05, 0) is 24.6 Å². The molecule has 0 radical (unpaired) electrons. The summed E-state index contributed by atoms with van der Waals surface area (Å²) in [5.41, 5.74) is 3.68. The average Bonchev–Trinajstić information content (AvgIpc) is 3.24. The molecule has 0 unspecified atom stereocenters. The number of hydrogen-bond donors (Lipinski definition) is 2. The van der Waals surface area contributed by atoms with Gasteiger partial charge in [-0.25, -0.2) is 4.98 Å². The molecule has 7 nitrogen and oxygen atoms in total. The highest BCUT2D eigenvalue weighted by Crippen LogP contribution is 2.25. The molecule has 4 rings (SSSR count). The van der Waals surface area contributed by atoms with E-state index in [1.54, 1.807) is 6.92 Å². The molecule has 26 heavy (non-hydrogen) atoms. The highest BCUT2D eigenvalue weighted by molar-refractivity contribution is 5.93. The van der Waals surface area contributed by atoms with Crippen molar-refractivity contribution in [2.24, 2.45) is 7.05 Å². The molecule has 0 saturated carbocycles. The molecule has 0 aliphatic heterocycles. The Bertz CT molecular complexity index is 1070. The van der Waals surface area contributed by atoms with Crippen LogP contribution in [0.4, 0.5) is 0 Å². The maximum atomic E-state index is 12.7. The third kappa shape index (κ3) is 2.73. The number of imidazole rings is 1. The summed E-state index contributed by atoms with van der Waals surface area (Å²) < 4.78 is 2.00. The molecule has 0 saturated heterocycles. The van der Waals surface area contributed by atoms with Crippen molar-refractivity contribution in [3.8, 4) is 0 Å². The number of benzene rings is 2. The zero-order valence-electron chi connectivity index (χ0n) is 14.5. The highest BCUT2D eigenvalue weighted by Gasteiger charge is 2.25. The smallest absolute Gasteiger partial charge is 0.274 e. The topological polar surface area (TPSA) is 88.5 Å². The molecule has 0 bridgehead atoms. The van der Waals surface area contributed by atoms with E-state index in [9.17, 15) is 4.79 Å². The average molecular weight is 346 g/mol. The normalized spacial score (nSPS) is 12.2. The van der Waals surface area contributed by atoms with Crippen LogP contribution in [0.1, 0.15) is 33.6 Å². The molecule has 2 aromatic carbocycles. The fourth-order valence-electron chi connectivity index (χ4n) is 3.06. The van der Waals surface area contributed by atoms with Crippen molar-refractivity contribution in [2.45, 2.75) is 13.0 Å². The van der Waals surface area contributed by atoms with Crippen LogP contribution in [0.15, 0.2) is 54.6 Å². The number of H-pyrrole nitrogens is 1. The summed E-state index contributed by atoms with van der Waals surface area (Å²) in [5, 5.41) is 13.4. The second-order valence-corrected chi connectivity index (χ2v) is 6.09. The molecule has 4 aromatic rings. The lowest BCUT2D eigenvalue weighted by molar-refractivity contribution is 0.0935. The molecule has 1 atom stereocenters. The van der Waals surface area contributed by atoms with Crippen LogP contribution in [0.2, 0.25) is 0 Å². The standard InChI is InChI=1S/C19H18N6O/c1-12-16(23-24-22-12)19(26)21-17(13-8-4-3-5-9-13)18-20-14-10-6-7-11-15(14)25(18)2/h3-11,17H,1-2H3,(H,21,26)(H,22,23,24)/t17-/m1/s1. The van der Waals surface area contributed by atoms with Gasteiger partial charge in [-0.3, -0.25) is 4.79 Å². The van der Waals surface area contributed by atoms with E-state index in [0.29, 0.717) is 5.69 Å². The monoisotopic (exact) mass is 346 g/mol. The molecule has 2 N–H and O–H groups in total. The van der Waals surface area contributed by atoms with E-state index in [0.717, 1.165) is 22.4 Å².